The van der Waals surface area contributed by atoms with Gasteiger partial charge in [-0.15, -0.1) is 0 Å². The van der Waals surface area contributed by atoms with Crippen LogP contribution in [0.15, 0.2) is 60.9 Å². The number of Topliss-reactive ketones (excluding diaryl/α,β-unsaturated/α-hetero) is 1. The first-order valence-electron chi connectivity index (χ1n) is 8.77. The minimum absolute atomic E-state index is 0.0287. The summed E-state index contributed by atoms with van der Waals surface area (Å²) < 4.78 is 16.6. The molecule has 0 N–H and O–H groups in total. The number of hydrogen-bond acceptors (Lipinski definition) is 6. The van der Waals surface area contributed by atoms with E-state index in [0.717, 1.165) is 0 Å². The first-order valence-corrected chi connectivity index (χ1v) is 9.15. The molecule has 4 rings (SSSR count). The lowest BCUT2D eigenvalue weighted by Gasteiger charge is -2.10. The van der Waals surface area contributed by atoms with Crippen molar-refractivity contribution < 1.29 is 18.4 Å². The van der Waals surface area contributed by atoms with Crippen LogP contribution in [0.5, 0.6) is 5.75 Å². The lowest BCUT2D eigenvalue weighted by molar-refractivity contribution is 0.0986. The second-order valence-corrected chi connectivity index (χ2v) is 7.06. The third-order valence-corrected chi connectivity index (χ3v) is 4.83. The molecule has 4 aromatic rings. The highest BCUT2D eigenvalue weighted by Gasteiger charge is 2.15. The highest BCUT2D eigenvalue weighted by molar-refractivity contribution is 6.31. The minimum Gasteiger partial charge on any atom is -0.489 e. The highest BCUT2D eigenvalue weighted by atomic mass is 35.5. The maximum atomic E-state index is 12.4. The molecule has 0 fully saturated rings. The third-order valence-electron chi connectivity index (χ3n) is 4.60. The molecule has 0 aliphatic heterocycles. The predicted octanol–water partition coefficient (Wildman–Crippen LogP) is 4.64. The normalized spacial score (nSPS) is 11.1. The smallest absolute Gasteiger partial charge is 0.336 e. The van der Waals surface area contributed by atoms with Crippen molar-refractivity contribution in [3.63, 3.8) is 0 Å². The zero-order valence-electron chi connectivity index (χ0n) is 15.6. The second kappa shape index (κ2) is 7.22. The molecular weight excluding hydrogens is 396 g/mol. The van der Waals surface area contributed by atoms with Crippen LogP contribution in [0.2, 0.25) is 5.02 Å². The number of benzene rings is 2. The Balaban J connectivity index is 1.72. The summed E-state index contributed by atoms with van der Waals surface area (Å²) in [6.45, 7) is 2.97. The first kappa shape index (κ1) is 19.0. The molecule has 2 heterocycles. The minimum atomic E-state index is -0.496. The SMILES string of the molecule is CC(=O)c1oc2cc(OCc3cc(=O)oc4ccc(Cl)cc34)ccc2c(=O)c1C. The summed E-state index contributed by atoms with van der Waals surface area (Å²) in [6, 6.07) is 11.1. The predicted molar refractivity (Wildman–Crippen MR) is 109 cm³/mol. The van der Waals surface area contributed by atoms with Gasteiger partial charge in [0.25, 0.3) is 0 Å². The Labute approximate surface area is 169 Å². The molecule has 0 aliphatic carbocycles. The van der Waals surface area contributed by atoms with Crippen LogP contribution in [0.1, 0.15) is 28.6 Å². The van der Waals surface area contributed by atoms with Gasteiger partial charge in [0.2, 0.25) is 0 Å². The van der Waals surface area contributed by atoms with Gasteiger partial charge < -0.3 is 13.6 Å². The lowest BCUT2D eigenvalue weighted by atomic mass is 10.1. The van der Waals surface area contributed by atoms with E-state index < -0.39 is 5.63 Å². The van der Waals surface area contributed by atoms with Crippen LogP contribution in [0.4, 0.5) is 0 Å². The summed E-state index contributed by atoms with van der Waals surface area (Å²) in [4.78, 5) is 36.0. The molecule has 0 spiro atoms. The Morgan fingerprint density at radius 3 is 2.55 bits per heavy atom. The Morgan fingerprint density at radius 1 is 1.00 bits per heavy atom. The van der Waals surface area contributed by atoms with Gasteiger partial charge in [0, 0.05) is 40.6 Å². The van der Waals surface area contributed by atoms with E-state index in [1.54, 1.807) is 43.3 Å². The van der Waals surface area contributed by atoms with Gasteiger partial charge in [-0.3, -0.25) is 9.59 Å². The number of ketones is 1. The molecule has 0 saturated carbocycles. The fraction of sp³-hybridized carbons (Fsp3) is 0.136. The monoisotopic (exact) mass is 410 g/mol. The molecule has 0 saturated heterocycles. The summed E-state index contributed by atoms with van der Waals surface area (Å²) in [5.41, 5.74) is 0.788. The van der Waals surface area contributed by atoms with E-state index >= 15 is 0 Å². The third kappa shape index (κ3) is 3.54. The largest absolute Gasteiger partial charge is 0.489 e. The van der Waals surface area contributed by atoms with Crippen molar-refractivity contribution in [1.82, 2.24) is 0 Å². The molecule has 7 heteroatoms. The van der Waals surface area contributed by atoms with Crippen LogP contribution in [0, 0.1) is 6.92 Å². The quantitative estimate of drug-likeness (QED) is 0.359. The number of fused-ring (bicyclic) bond motifs is 2. The Bertz CT molecular complexity index is 1400. The van der Waals surface area contributed by atoms with E-state index in [4.69, 9.17) is 25.2 Å². The summed E-state index contributed by atoms with van der Waals surface area (Å²) >= 11 is 6.05. The number of halogens is 1. The van der Waals surface area contributed by atoms with Crippen molar-refractivity contribution in [2.75, 3.05) is 0 Å². The number of ether oxygens (including phenoxy) is 1. The highest BCUT2D eigenvalue weighted by Crippen LogP contribution is 2.25. The number of carbonyl (C=O) groups excluding carboxylic acids is 1. The Morgan fingerprint density at radius 2 is 1.79 bits per heavy atom. The van der Waals surface area contributed by atoms with Crippen LogP contribution in [0.3, 0.4) is 0 Å². The van der Waals surface area contributed by atoms with E-state index in [0.29, 0.717) is 32.7 Å². The number of hydrogen-bond donors (Lipinski definition) is 0. The first-order chi connectivity index (χ1) is 13.8. The van der Waals surface area contributed by atoms with Crippen molar-refractivity contribution in [2.45, 2.75) is 20.5 Å². The Hall–Kier alpha value is -3.38. The molecule has 6 nitrogen and oxygen atoms in total. The maximum Gasteiger partial charge on any atom is 0.336 e. The van der Waals surface area contributed by atoms with Crippen LogP contribution < -0.4 is 15.8 Å². The van der Waals surface area contributed by atoms with Gasteiger partial charge in [0.15, 0.2) is 17.0 Å². The molecule has 2 aromatic carbocycles. The molecule has 2 aromatic heterocycles. The van der Waals surface area contributed by atoms with Gasteiger partial charge in [-0.25, -0.2) is 4.79 Å². The molecule has 0 radical (unpaired) electrons. The van der Waals surface area contributed by atoms with Crippen LogP contribution >= 0.6 is 11.6 Å². The van der Waals surface area contributed by atoms with E-state index in [-0.39, 0.29) is 34.7 Å². The average Bonchev–Trinajstić information content (AvgIpc) is 2.68. The topological polar surface area (TPSA) is 86.7 Å². The second-order valence-electron chi connectivity index (χ2n) is 6.62. The lowest BCUT2D eigenvalue weighted by Crippen LogP contribution is -2.11. The van der Waals surface area contributed by atoms with Crippen molar-refractivity contribution in [3.8, 4) is 5.75 Å². The van der Waals surface area contributed by atoms with Gasteiger partial charge in [0.1, 0.15) is 23.5 Å². The molecule has 146 valence electrons. The summed E-state index contributed by atoms with van der Waals surface area (Å²) in [6.07, 6.45) is 0. The summed E-state index contributed by atoms with van der Waals surface area (Å²) in [7, 11) is 0. The van der Waals surface area contributed by atoms with Crippen molar-refractivity contribution in [1.29, 1.82) is 0 Å². The van der Waals surface area contributed by atoms with Crippen LogP contribution in [0.25, 0.3) is 21.9 Å². The molecule has 29 heavy (non-hydrogen) atoms. The number of rotatable bonds is 4. The van der Waals surface area contributed by atoms with Crippen molar-refractivity contribution in [2.24, 2.45) is 0 Å². The van der Waals surface area contributed by atoms with E-state index in [1.807, 2.05) is 0 Å². The van der Waals surface area contributed by atoms with Crippen molar-refractivity contribution >= 4 is 39.3 Å². The molecular formula is C22H15ClO6. The van der Waals surface area contributed by atoms with Crippen LogP contribution in [-0.2, 0) is 6.61 Å². The maximum absolute atomic E-state index is 12.4. The molecule has 0 bridgehead atoms. The van der Waals surface area contributed by atoms with Gasteiger partial charge in [0.05, 0.1) is 5.39 Å². The van der Waals surface area contributed by atoms with E-state index in [1.165, 1.54) is 13.0 Å². The zero-order chi connectivity index (χ0) is 20.7. The fourth-order valence-corrected chi connectivity index (χ4v) is 3.34. The van der Waals surface area contributed by atoms with Crippen molar-refractivity contribution in [3.05, 3.63) is 85.0 Å². The Kier molecular flexibility index (Phi) is 4.72. The zero-order valence-corrected chi connectivity index (χ0v) is 16.3. The van der Waals surface area contributed by atoms with Gasteiger partial charge in [-0.05, 0) is 37.3 Å². The fourth-order valence-electron chi connectivity index (χ4n) is 3.17. The molecule has 0 unspecified atom stereocenters. The number of carbonyl (C=O) groups is 1. The van der Waals surface area contributed by atoms with Gasteiger partial charge in [-0.1, -0.05) is 11.6 Å². The molecule has 0 atom stereocenters. The molecule has 0 amide bonds. The van der Waals surface area contributed by atoms with Gasteiger partial charge >= 0.3 is 5.63 Å². The van der Waals surface area contributed by atoms with Crippen LogP contribution in [-0.4, -0.2) is 5.78 Å². The standard InChI is InChI=1S/C22H15ClO6/c1-11-21(26)16-5-4-15(9-19(16)29-22(11)12(2)24)27-10-13-7-20(25)28-18-6-3-14(23)8-17(13)18/h3-9H,10H2,1-2H3. The summed E-state index contributed by atoms with van der Waals surface area (Å²) in [5.74, 6) is 0.121. The van der Waals surface area contributed by atoms with E-state index in [2.05, 4.69) is 0 Å². The average molecular weight is 411 g/mol. The van der Waals surface area contributed by atoms with E-state index in [9.17, 15) is 14.4 Å². The molecule has 0 aliphatic rings. The summed E-state index contributed by atoms with van der Waals surface area (Å²) in [5, 5.41) is 1.53. The van der Waals surface area contributed by atoms with Gasteiger partial charge in [-0.2, -0.15) is 0 Å².